The first-order chi connectivity index (χ1) is 8.19. The highest BCUT2D eigenvalue weighted by atomic mass is 35.5. The minimum Gasteiger partial charge on any atom is -0.380 e. The summed E-state index contributed by atoms with van der Waals surface area (Å²) >= 11 is 5.93. The number of halogens is 1. The Balaban J connectivity index is 2.01. The average Bonchev–Trinajstić information content (AvgIpc) is 2.73. The molecule has 3 rings (SSSR count). The molecule has 90 valence electrons. The highest BCUT2D eigenvalue weighted by Gasteiger charge is 2.41. The molecule has 1 N–H and O–H groups in total. The van der Waals surface area contributed by atoms with Crippen LogP contribution in [0.1, 0.15) is 6.42 Å². The third-order valence-corrected chi connectivity index (χ3v) is 3.66. The largest absolute Gasteiger partial charge is 0.380 e. The second kappa shape index (κ2) is 3.89. The lowest BCUT2D eigenvalue weighted by Gasteiger charge is -2.32. The number of rotatable bonds is 1. The van der Waals surface area contributed by atoms with E-state index in [1.165, 1.54) is 0 Å². The maximum Gasteiger partial charge on any atom is 0.247 e. The Bertz CT molecular complexity index is 478. The van der Waals surface area contributed by atoms with Crippen molar-refractivity contribution < 1.29 is 9.53 Å². The van der Waals surface area contributed by atoms with Crippen molar-refractivity contribution >= 4 is 28.9 Å². The van der Waals surface area contributed by atoms with Gasteiger partial charge in [-0.05, 0) is 18.2 Å². The van der Waals surface area contributed by atoms with Crippen molar-refractivity contribution in [1.29, 1.82) is 0 Å². The quantitative estimate of drug-likeness (QED) is 0.830. The second-order valence-electron chi connectivity index (χ2n) is 4.41. The molecule has 0 saturated carbocycles. The molecule has 4 nitrogen and oxygen atoms in total. The van der Waals surface area contributed by atoms with Crippen LogP contribution in [-0.2, 0) is 9.53 Å². The van der Waals surface area contributed by atoms with E-state index >= 15 is 0 Å². The van der Waals surface area contributed by atoms with E-state index in [1.807, 2.05) is 12.1 Å². The number of benzene rings is 1. The molecule has 0 bridgehead atoms. The van der Waals surface area contributed by atoms with Crippen LogP contribution in [0.5, 0.6) is 0 Å². The van der Waals surface area contributed by atoms with Gasteiger partial charge in [0.1, 0.15) is 6.04 Å². The molecule has 17 heavy (non-hydrogen) atoms. The smallest absolute Gasteiger partial charge is 0.247 e. The summed E-state index contributed by atoms with van der Waals surface area (Å²) < 4.78 is 5.34. The molecule has 0 spiro atoms. The fourth-order valence-electron chi connectivity index (χ4n) is 2.56. The summed E-state index contributed by atoms with van der Waals surface area (Å²) in [5.74, 6) is 0.0271. The molecule has 0 radical (unpaired) electrons. The van der Waals surface area contributed by atoms with E-state index in [9.17, 15) is 4.79 Å². The first kappa shape index (κ1) is 10.9. The molecule has 2 aliphatic heterocycles. The number of hydrogen-bond donors (Lipinski definition) is 1. The van der Waals surface area contributed by atoms with Crippen LogP contribution in [0.2, 0.25) is 5.02 Å². The Kier molecular flexibility index (Phi) is 2.49. The van der Waals surface area contributed by atoms with Crippen molar-refractivity contribution in [3.63, 3.8) is 0 Å². The first-order valence-corrected chi connectivity index (χ1v) is 5.96. The van der Waals surface area contributed by atoms with Crippen LogP contribution < -0.4 is 10.2 Å². The Morgan fingerprint density at radius 1 is 1.53 bits per heavy atom. The summed E-state index contributed by atoms with van der Waals surface area (Å²) in [6.07, 6.45) is 0.858. The van der Waals surface area contributed by atoms with E-state index in [0.29, 0.717) is 5.02 Å². The Morgan fingerprint density at radius 3 is 3.12 bits per heavy atom. The number of hydrogen-bond acceptors (Lipinski definition) is 3. The van der Waals surface area contributed by atoms with E-state index in [0.717, 1.165) is 24.3 Å². The summed E-state index contributed by atoms with van der Waals surface area (Å²) in [7, 11) is 1.68. The number of nitrogens with one attached hydrogen (secondary N) is 1. The molecule has 1 fully saturated rings. The third kappa shape index (κ3) is 1.68. The summed E-state index contributed by atoms with van der Waals surface area (Å²) in [6.45, 7) is 0.753. The number of carbonyl (C=O) groups is 1. The Hall–Kier alpha value is -1.26. The molecule has 1 aromatic rings. The van der Waals surface area contributed by atoms with Crippen molar-refractivity contribution in [3.8, 4) is 0 Å². The van der Waals surface area contributed by atoms with Gasteiger partial charge >= 0.3 is 0 Å². The number of carbonyl (C=O) groups excluding carboxylic acids is 1. The number of amides is 1. The van der Waals surface area contributed by atoms with Crippen LogP contribution in [0.4, 0.5) is 11.4 Å². The van der Waals surface area contributed by atoms with Crippen molar-refractivity contribution in [2.45, 2.75) is 18.6 Å². The van der Waals surface area contributed by atoms with Gasteiger partial charge in [-0.3, -0.25) is 4.79 Å². The lowest BCUT2D eigenvalue weighted by molar-refractivity contribution is -0.117. The maximum absolute atomic E-state index is 12.0. The minimum absolute atomic E-state index is 0.0271. The van der Waals surface area contributed by atoms with E-state index in [4.69, 9.17) is 16.3 Å². The molecular weight excluding hydrogens is 240 g/mol. The van der Waals surface area contributed by atoms with Crippen LogP contribution >= 0.6 is 11.6 Å². The predicted molar refractivity (Wildman–Crippen MR) is 66.6 cm³/mol. The van der Waals surface area contributed by atoms with Crippen molar-refractivity contribution in [2.75, 3.05) is 23.9 Å². The van der Waals surface area contributed by atoms with E-state index in [1.54, 1.807) is 13.2 Å². The zero-order chi connectivity index (χ0) is 12.0. The maximum atomic E-state index is 12.0. The molecule has 0 aliphatic carbocycles. The monoisotopic (exact) mass is 252 g/mol. The van der Waals surface area contributed by atoms with Gasteiger partial charge in [0.15, 0.2) is 0 Å². The summed E-state index contributed by atoms with van der Waals surface area (Å²) in [6, 6.07) is 5.45. The molecular formula is C12H13ClN2O2. The van der Waals surface area contributed by atoms with Crippen molar-refractivity contribution in [3.05, 3.63) is 23.2 Å². The van der Waals surface area contributed by atoms with E-state index in [-0.39, 0.29) is 18.1 Å². The van der Waals surface area contributed by atoms with E-state index < -0.39 is 0 Å². The molecule has 2 aliphatic rings. The van der Waals surface area contributed by atoms with Crippen LogP contribution in [0.3, 0.4) is 0 Å². The zero-order valence-corrected chi connectivity index (χ0v) is 10.2. The third-order valence-electron chi connectivity index (χ3n) is 3.42. The van der Waals surface area contributed by atoms with Crippen LogP contribution in [0, 0.1) is 0 Å². The molecule has 2 atom stereocenters. The lowest BCUT2D eigenvalue weighted by atomic mass is 10.1. The fraction of sp³-hybridized carbons (Fsp3) is 0.417. The van der Waals surface area contributed by atoms with Crippen LogP contribution in [0.25, 0.3) is 0 Å². The topological polar surface area (TPSA) is 41.6 Å². The number of anilines is 2. The lowest BCUT2D eigenvalue weighted by Crippen LogP contribution is -2.43. The minimum atomic E-state index is -0.117. The van der Waals surface area contributed by atoms with Gasteiger partial charge in [-0.1, -0.05) is 11.6 Å². The van der Waals surface area contributed by atoms with Gasteiger partial charge in [-0.25, -0.2) is 0 Å². The number of ether oxygens (including phenoxy) is 1. The van der Waals surface area contributed by atoms with Crippen molar-refractivity contribution in [1.82, 2.24) is 0 Å². The standard InChI is InChI=1S/C12H13ClN2O2/c1-17-8-5-11-12(16)14-9-4-7(13)2-3-10(9)15(11)6-8/h2-4,8,11H,5-6H2,1H3,(H,14,16). The number of nitrogens with zero attached hydrogens (tertiary/aromatic N) is 1. The number of methoxy groups -OCH3 is 1. The highest BCUT2D eigenvalue weighted by Crippen LogP contribution is 2.38. The molecule has 2 heterocycles. The van der Waals surface area contributed by atoms with Crippen LogP contribution in [-0.4, -0.2) is 31.7 Å². The Morgan fingerprint density at radius 2 is 2.35 bits per heavy atom. The first-order valence-electron chi connectivity index (χ1n) is 5.59. The van der Waals surface area contributed by atoms with Gasteiger partial charge in [-0.15, -0.1) is 0 Å². The number of fused-ring (bicyclic) bond motifs is 3. The van der Waals surface area contributed by atoms with Crippen molar-refractivity contribution in [2.24, 2.45) is 0 Å². The summed E-state index contributed by atoms with van der Waals surface area (Å²) in [5, 5.41) is 3.53. The van der Waals surface area contributed by atoms with Gasteiger partial charge in [-0.2, -0.15) is 0 Å². The zero-order valence-electron chi connectivity index (χ0n) is 9.44. The van der Waals surface area contributed by atoms with Gasteiger partial charge in [0.05, 0.1) is 17.5 Å². The SMILES string of the molecule is COC1CC2C(=O)Nc3cc(Cl)ccc3N2C1. The Labute approximate surface area is 104 Å². The molecule has 0 aromatic heterocycles. The molecule has 5 heteroatoms. The normalized spacial score (nSPS) is 26.5. The predicted octanol–water partition coefficient (Wildman–Crippen LogP) is 1.89. The molecule has 2 unspecified atom stereocenters. The molecule has 1 amide bonds. The fourth-order valence-corrected chi connectivity index (χ4v) is 2.73. The van der Waals surface area contributed by atoms with Gasteiger partial charge in [0, 0.05) is 25.1 Å². The second-order valence-corrected chi connectivity index (χ2v) is 4.85. The summed E-state index contributed by atoms with van der Waals surface area (Å²) in [4.78, 5) is 14.1. The van der Waals surface area contributed by atoms with Gasteiger partial charge < -0.3 is 15.0 Å². The van der Waals surface area contributed by atoms with E-state index in [2.05, 4.69) is 10.2 Å². The summed E-state index contributed by atoms with van der Waals surface area (Å²) in [5.41, 5.74) is 1.81. The van der Waals surface area contributed by atoms with Gasteiger partial charge in [0.25, 0.3) is 0 Å². The molecule has 1 aromatic carbocycles. The van der Waals surface area contributed by atoms with Crippen LogP contribution in [0.15, 0.2) is 18.2 Å². The average molecular weight is 253 g/mol. The highest BCUT2D eigenvalue weighted by molar-refractivity contribution is 6.31. The van der Waals surface area contributed by atoms with Gasteiger partial charge in [0.2, 0.25) is 5.91 Å². The molecule has 1 saturated heterocycles.